The molecule has 9 heteroatoms. The SMILES string of the molecule is CNC(=O)c1cccc(OCc2csc3c(C(=O)NCCO)cnc(N)c23)c1. The van der Waals surface area contributed by atoms with E-state index in [2.05, 4.69) is 15.6 Å². The Kier molecular flexibility index (Phi) is 6.07. The first kappa shape index (κ1) is 19.6. The van der Waals surface area contributed by atoms with Crippen molar-refractivity contribution < 1.29 is 19.4 Å². The van der Waals surface area contributed by atoms with Gasteiger partial charge in [-0.3, -0.25) is 9.59 Å². The number of pyridine rings is 1. The molecule has 0 aliphatic heterocycles. The molecule has 28 heavy (non-hydrogen) atoms. The average molecular weight is 400 g/mol. The highest BCUT2D eigenvalue weighted by atomic mass is 32.1. The number of hydrogen-bond donors (Lipinski definition) is 4. The van der Waals surface area contributed by atoms with Crippen LogP contribution in [0.3, 0.4) is 0 Å². The number of nitrogen functional groups attached to an aromatic ring is 1. The number of rotatable bonds is 7. The van der Waals surface area contributed by atoms with Crippen LogP contribution < -0.4 is 21.1 Å². The number of thiophene rings is 1. The third-order valence-electron chi connectivity index (χ3n) is 4.06. The van der Waals surface area contributed by atoms with E-state index in [-0.39, 0.29) is 31.6 Å². The first-order valence-electron chi connectivity index (χ1n) is 8.53. The van der Waals surface area contributed by atoms with Crippen LogP contribution in [-0.4, -0.2) is 42.1 Å². The van der Waals surface area contributed by atoms with Gasteiger partial charge in [-0.1, -0.05) is 6.07 Å². The normalized spacial score (nSPS) is 10.6. The van der Waals surface area contributed by atoms with Gasteiger partial charge in [-0.25, -0.2) is 4.98 Å². The third-order valence-corrected chi connectivity index (χ3v) is 5.12. The van der Waals surface area contributed by atoms with Crippen LogP contribution >= 0.6 is 11.3 Å². The monoisotopic (exact) mass is 400 g/mol. The summed E-state index contributed by atoms with van der Waals surface area (Å²) in [6.07, 6.45) is 1.43. The Bertz CT molecular complexity index is 1020. The predicted molar refractivity (Wildman–Crippen MR) is 108 cm³/mol. The van der Waals surface area contributed by atoms with Crippen molar-refractivity contribution in [3.8, 4) is 5.75 Å². The van der Waals surface area contributed by atoms with Gasteiger partial charge in [-0.15, -0.1) is 11.3 Å². The van der Waals surface area contributed by atoms with Crippen LogP contribution in [0.5, 0.6) is 5.75 Å². The minimum absolute atomic E-state index is 0.143. The van der Waals surface area contributed by atoms with Crippen molar-refractivity contribution in [2.75, 3.05) is 25.9 Å². The van der Waals surface area contributed by atoms with E-state index in [1.165, 1.54) is 17.5 Å². The largest absolute Gasteiger partial charge is 0.489 e. The van der Waals surface area contributed by atoms with Gasteiger partial charge in [-0.2, -0.15) is 0 Å². The summed E-state index contributed by atoms with van der Waals surface area (Å²) in [4.78, 5) is 28.2. The van der Waals surface area contributed by atoms with E-state index in [0.717, 1.165) is 5.56 Å². The highest BCUT2D eigenvalue weighted by Gasteiger charge is 2.17. The molecule has 2 heterocycles. The minimum Gasteiger partial charge on any atom is -0.489 e. The molecule has 146 valence electrons. The number of carbonyl (C=O) groups is 2. The first-order chi connectivity index (χ1) is 13.5. The van der Waals surface area contributed by atoms with Crippen LogP contribution in [-0.2, 0) is 6.61 Å². The topological polar surface area (TPSA) is 127 Å². The molecule has 0 fully saturated rings. The number of hydrogen-bond acceptors (Lipinski definition) is 7. The summed E-state index contributed by atoms with van der Waals surface area (Å²) in [5.74, 6) is 0.342. The van der Waals surface area contributed by atoms with Crippen LogP contribution in [0.4, 0.5) is 5.82 Å². The summed E-state index contributed by atoms with van der Waals surface area (Å²) < 4.78 is 6.53. The zero-order valence-corrected chi connectivity index (χ0v) is 16.0. The molecule has 0 aliphatic rings. The fourth-order valence-electron chi connectivity index (χ4n) is 2.70. The van der Waals surface area contributed by atoms with Crippen molar-refractivity contribution in [1.29, 1.82) is 0 Å². The van der Waals surface area contributed by atoms with E-state index in [1.54, 1.807) is 31.3 Å². The van der Waals surface area contributed by atoms with E-state index >= 15 is 0 Å². The number of amides is 2. The van der Waals surface area contributed by atoms with Gasteiger partial charge in [-0.05, 0) is 23.6 Å². The molecule has 2 aromatic heterocycles. The van der Waals surface area contributed by atoms with Gasteiger partial charge in [0.2, 0.25) is 0 Å². The molecule has 1 aromatic carbocycles. The maximum atomic E-state index is 12.3. The highest BCUT2D eigenvalue weighted by molar-refractivity contribution is 7.17. The Morgan fingerprint density at radius 1 is 1.32 bits per heavy atom. The number of aliphatic hydroxyl groups excluding tert-OH is 1. The Morgan fingerprint density at radius 2 is 2.14 bits per heavy atom. The fraction of sp³-hybridized carbons (Fsp3) is 0.211. The molecule has 0 bridgehead atoms. The molecule has 0 saturated heterocycles. The van der Waals surface area contributed by atoms with Crippen LogP contribution in [0, 0.1) is 0 Å². The van der Waals surface area contributed by atoms with E-state index in [1.807, 2.05) is 5.38 Å². The summed E-state index contributed by atoms with van der Waals surface area (Å²) in [7, 11) is 1.57. The molecule has 0 saturated carbocycles. The predicted octanol–water partition coefficient (Wildman–Crippen LogP) is 1.54. The molecule has 0 spiro atoms. The Balaban J connectivity index is 1.85. The standard InChI is InChI=1S/C19H20N4O4S/c1-21-18(25)11-3-2-4-13(7-11)27-9-12-10-28-16-14(19(26)22-5-6-24)8-23-17(20)15(12)16/h2-4,7-8,10,24H,5-6,9H2,1H3,(H2,20,23)(H,21,25)(H,22,26). The van der Waals surface area contributed by atoms with Gasteiger partial charge in [0.25, 0.3) is 11.8 Å². The smallest absolute Gasteiger partial charge is 0.254 e. The number of benzene rings is 1. The van der Waals surface area contributed by atoms with Crippen molar-refractivity contribution in [2.24, 2.45) is 0 Å². The quantitative estimate of drug-likeness (QED) is 0.477. The second-order valence-corrected chi connectivity index (χ2v) is 6.78. The van der Waals surface area contributed by atoms with Gasteiger partial charge in [0.1, 0.15) is 18.2 Å². The molecule has 0 atom stereocenters. The number of fused-ring (bicyclic) bond motifs is 1. The summed E-state index contributed by atoms with van der Waals surface area (Å²) in [6, 6.07) is 6.86. The molecular weight excluding hydrogens is 380 g/mol. The molecule has 0 unspecified atom stereocenters. The summed E-state index contributed by atoms with van der Waals surface area (Å²) in [5.41, 5.74) is 7.73. The lowest BCUT2D eigenvalue weighted by atomic mass is 10.1. The summed E-state index contributed by atoms with van der Waals surface area (Å²) in [6.45, 7) is 0.231. The van der Waals surface area contributed by atoms with Gasteiger partial charge >= 0.3 is 0 Å². The fourth-order valence-corrected chi connectivity index (χ4v) is 3.77. The average Bonchev–Trinajstić information content (AvgIpc) is 3.15. The zero-order chi connectivity index (χ0) is 20.1. The molecule has 3 aromatic rings. The Labute approximate surface area is 165 Å². The van der Waals surface area contributed by atoms with Crippen molar-refractivity contribution >= 4 is 39.1 Å². The Morgan fingerprint density at radius 3 is 2.89 bits per heavy atom. The van der Waals surface area contributed by atoms with E-state index in [4.69, 9.17) is 15.6 Å². The van der Waals surface area contributed by atoms with Crippen molar-refractivity contribution in [3.05, 3.63) is 52.5 Å². The maximum Gasteiger partial charge on any atom is 0.254 e. The molecule has 8 nitrogen and oxygen atoms in total. The van der Waals surface area contributed by atoms with Crippen molar-refractivity contribution in [1.82, 2.24) is 15.6 Å². The second kappa shape index (κ2) is 8.68. The van der Waals surface area contributed by atoms with Crippen LogP contribution in [0.2, 0.25) is 0 Å². The first-order valence-corrected chi connectivity index (χ1v) is 9.41. The van der Waals surface area contributed by atoms with E-state index in [9.17, 15) is 9.59 Å². The number of ether oxygens (including phenoxy) is 1. The molecular formula is C19H20N4O4S. The lowest BCUT2D eigenvalue weighted by Gasteiger charge is -2.09. The van der Waals surface area contributed by atoms with Gasteiger partial charge < -0.3 is 26.2 Å². The lowest BCUT2D eigenvalue weighted by molar-refractivity contribution is 0.0943. The van der Waals surface area contributed by atoms with Crippen molar-refractivity contribution in [3.63, 3.8) is 0 Å². The second-order valence-electron chi connectivity index (χ2n) is 5.90. The number of nitrogens with zero attached hydrogens (tertiary/aromatic N) is 1. The maximum absolute atomic E-state index is 12.3. The molecule has 0 radical (unpaired) electrons. The number of anilines is 1. The van der Waals surface area contributed by atoms with Crippen LogP contribution in [0.15, 0.2) is 35.8 Å². The molecule has 3 rings (SSSR count). The molecule has 2 amide bonds. The van der Waals surface area contributed by atoms with E-state index < -0.39 is 0 Å². The van der Waals surface area contributed by atoms with Crippen LogP contribution in [0.25, 0.3) is 10.1 Å². The molecule has 0 aliphatic carbocycles. The minimum atomic E-state index is -0.320. The number of aromatic nitrogens is 1. The Hall–Kier alpha value is -3.17. The van der Waals surface area contributed by atoms with Gasteiger partial charge in [0.05, 0.1) is 16.9 Å². The third kappa shape index (κ3) is 4.05. The summed E-state index contributed by atoms with van der Waals surface area (Å²) in [5, 5.41) is 16.6. The molecule has 5 N–H and O–H groups in total. The van der Waals surface area contributed by atoms with Gasteiger partial charge in [0.15, 0.2) is 0 Å². The number of nitrogens with one attached hydrogen (secondary N) is 2. The summed E-state index contributed by atoms with van der Waals surface area (Å²) >= 11 is 1.38. The van der Waals surface area contributed by atoms with E-state index in [0.29, 0.717) is 32.8 Å². The highest BCUT2D eigenvalue weighted by Crippen LogP contribution is 2.33. The number of aliphatic hydroxyl groups is 1. The van der Waals surface area contributed by atoms with Gasteiger partial charge in [0, 0.05) is 36.3 Å². The zero-order valence-electron chi connectivity index (χ0n) is 15.2. The van der Waals surface area contributed by atoms with Crippen molar-refractivity contribution in [2.45, 2.75) is 6.61 Å². The van der Waals surface area contributed by atoms with Crippen LogP contribution in [0.1, 0.15) is 26.3 Å². The lowest BCUT2D eigenvalue weighted by Crippen LogP contribution is -2.26. The number of carbonyl (C=O) groups excluding carboxylic acids is 2. The number of nitrogens with two attached hydrogens (primary N) is 1.